The van der Waals surface area contributed by atoms with E-state index in [4.69, 9.17) is 17.2 Å². The molecule has 7 N–H and O–H groups in total. The van der Waals surface area contributed by atoms with Crippen molar-refractivity contribution in [1.29, 1.82) is 0 Å². The summed E-state index contributed by atoms with van der Waals surface area (Å²) in [5.41, 5.74) is 16.4. The summed E-state index contributed by atoms with van der Waals surface area (Å²) < 4.78 is 0. The van der Waals surface area contributed by atoms with Crippen LogP contribution in [0.5, 0.6) is 0 Å². The number of rotatable bonds is 4. The van der Waals surface area contributed by atoms with Crippen molar-refractivity contribution < 1.29 is 4.79 Å². The highest BCUT2D eigenvalue weighted by atomic mass is 16.2. The Morgan fingerprint density at radius 2 is 1.94 bits per heavy atom. The van der Waals surface area contributed by atoms with E-state index in [0.717, 1.165) is 5.56 Å². The van der Waals surface area contributed by atoms with Crippen molar-refractivity contribution in [1.82, 2.24) is 5.32 Å². The van der Waals surface area contributed by atoms with Gasteiger partial charge in [-0.2, -0.15) is 0 Å². The lowest BCUT2D eigenvalue weighted by atomic mass is 10.1. The Kier molecular flexibility index (Phi) is 4.00. The first-order valence-electron chi connectivity index (χ1n) is 5.16. The van der Waals surface area contributed by atoms with Crippen LogP contribution in [0.4, 0.5) is 0 Å². The van der Waals surface area contributed by atoms with E-state index in [1.807, 2.05) is 30.3 Å². The largest absolute Gasteiger partial charge is 0.334 e. The van der Waals surface area contributed by atoms with Gasteiger partial charge < -0.3 is 22.5 Å². The average Bonchev–Trinajstić information content (AvgIpc) is 2.30. The molecule has 0 aromatic heterocycles. The molecule has 0 saturated carbocycles. The summed E-state index contributed by atoms with van der Waals surface area (Å²) in [7, 11) is 0. The van der Waals surface area contributed by atoms with Crippen LogP contribution in [0.2, 0.25) is 0 Å². The zero-order valence-corrected chi connectivity index (χ0v) is 9.31. The van der Waals surface area contributed by atoms with Crippen molar-refractivity contribution in [2.45, 2.75) is 25.2 Å². The first-order valence-corrected chi connectivity index (χ1v) is 5.16. The minimum absolute atomic E-state index is 0.348. The molecule has 1 aromatic rings. The van der Waals surface area contributed by atoms with Crippen molar-refractivity contribution in [2.24, 2.45) is 17.2 Å². The lowest BCUT2D eigenvalue weighted by molar-refractivity contribution is -0.127. The van der Waals surface area contributed by atoms with Crippen molar-refractivity contribution >= 4 is 5.91 Å². The topological polar surface area (TPSA) is 107 Å². The Hall–Kier alpha value is -1.43. The molecule has 88 valence electrons. The summed E-state index contributed by atoms with van der Waals surface area (Å²) in [4.78, 5) is 11.6. The van der Waals surface area contributed by atoms with Crippen molar-refractivity contribution in [3.05, 3.63) is 35.9 Å². The zero-order valence-electron chi connectivity index (χ0n) is 9.31. The van der Waals surface area contributed by atoms with Crippen LogP contribution < -0.4 is 22.5 Å². The summed E-state index contributed by atoms with van der Waals surface area (Å²) in [6, 6.07) is 9.22. The Morgan fingerprint density at radius 3 is 2.44 bits per heavy atom. The van der Waals surface area contributed by atoms with Gasteiger partial charge in [-0.05, 0) is 12.0 Å². The second kappa shape index (κ2) is 5.07. The minimum Gasteiger partial charge on any atom is -0.334 e. The van der Waals surface area contributed by atoms with Crippen LogP contribution in [-0.2, 0) is 4.79 Å². The standard InChI is InChI=1S/C11H18N4O/c1-2-11(13,14)10(16)15-9(12)8-6-4-3-5-7-8/h3-7,9H,2,12-14H2,1H3,(H,15,16). The summed E-state index contributed by atoms with van der Waals surface area (Å²) in [6.45, 7) is 1.74. The molecule has 5 nitrogen and oxygen atoms in total. The van der Waals surface area contributed by atoms with Crippen LogP contribution in [0.1, 0.15) is 25.1 Å². The number of carbonyl (C=O) groups excluding carboxylic acids is 1. The van der Waals surface area contributed by atoms with E-state index in [1.54, 1.807) is 6.92 Å². The molecule has 1 aromatic carbocycles. The Bertz CT molecular complexity index is 350. The third kappa shape index (κ3) is 3.03. The number of nitrogens with two attached hydrogens (primary N) is 3. The first kappa shape index (κ1) is 12.6. The van der Waals surface area contributed by atoms with Crippen LogP contribution in [0.15, 0.2) is 30.3 Å². The molecule has 0 saturated heterocycles. The lowest BCUT2D eigenvalue weighted by Crippen LogP contribution is -2.61. The minimum atomic E-state index is -1.37. The molecule has 0 bridgehead atoms. The second-order valence-electron chi connectivity index (χ2n) is 3.76. The molecule has 1 unspecified atom stereocenters. The van der Waals surface area contributed by atoms with Crippen LogP contribution in [0.3, 0.4) is 0 Å². The molecule has 0 radical (unpaired) electrons. The van der Waals surface area contributed by atoms with Gasteiger partial charge in [0, 0.05) is 0 Å². The van der Waals surface area contributed by atoms with E-state index in [0.29, 0.717) is 6.42 Å². The fraction of sp³-hybridized carbons (Fsp3) is 0.364. The van der Waals surface area contributed by atoms with Gasteiger partial charge in [-0.3, -0.25) is 4.79 Å². The molecule has 0 heterocycles. The average molecular weight is 222 g/mol. The van der Waals surface area contributed by atoms with Gasteiger partial charge in [-0.1, -0.05) is 37.3 Å². The Morgan fingerprint density at radius 1 is 1.38 bits per heavy atom. The Balaban J connectivity index is 2.66. The molecule has 0 spiro atoms. The molecule has 0 aliphatic carbocycles. The van der Waals surface area contributed by atoms with E-state index in [-0.39, 0.29) is 0 Å². The van der Waals surface area contributed by atoms with Gasteiger partial charge in [-0.15, -0.1) is 0 Å². The molecule has 0 fully saturated rings. The molecule has 1 rings (SSSR count). The highest BCUT2D eigenvalue weighted by molar-refractivity contribution is 5.85. The molecule has 0 aliphatic rings. The highest BCUT2D eigenvalue weighted by Gasteiger charge is 2.27. The van der Waals surface area contributed by atoms with Gasteiger partial charge in [0.15, 0.2) is 0 Å². The van der Waals surface area contributed by atoms with E-state index in [2.05, 4.69) is 5.32 Å². The third-order valence-electron chi connectivity index (χ3n) is 2.45. The predicted molar refractivity (Wildman–Crippen MR) is 62.9 cm³/mol. The molecular weight excluding hydrogens is 204 g/mol. The number of hydrogen-bond acceptors (Lipinski definition) is 4. The number of benzene rings is 1. The van der Waals surface area contributed by atoms with Crippen molar-refractivity contribution in [2.75, 3.05) is 0 Å². The van der Waals surface area contributed by atoms with Gasteiger partial charge >= 0.3 is 0 Å². The van der Waals surface area contributed by atoms with Crippen LogP contribution >= 0.6 is 0 Å². The zero-order chi connectivity index (χ0) is 12.2. The number of nitrogens with one attached hydrogen (secondary N) is 1. The Labute approximate surface area is 95.0 Å². The summed E-state index contributed by atoms with van der Waals surface area (Å²) in [6.07, 6.45) is -0.243. The van der Waals surface area contributed by atoms with Gasteiger partial charge in [0.1, 0.15) is 11.8 Å². The quantitative estimate of drug-likeness (QED) is 0.528. The van der Waals surface area contributed by atoms with E-state index >= 15 is 0 Å². The molecule has 1 atom stereocenters. The maximum atomic E-state index is 11.6. The second-order valence-corrected chi connectivity index (χ2v) is 3.76. The molecular formula is C11H18N4O. The van der Waals surface area contributed by atoms with Crippen molar-refractivity contribution in [3.8, 4) is 0 Å². The summed E-state index contributed by atoms with van der Waals surface area (Å²) >= 11 is 0. The molecule has 1 amide bonds. The van der Waals surface area contributed by atoms with Gasteiger partial charge in [-0.25, -0.2) is 0 Å². The van der Waals surface area contributed by atoms with Gasteiger partial charge in [0.2, 0.25) is 0 Å². The lowest BCUT2D eigenvalue weighted by Gasteiger charge is -2.24. The monoisotopic (exact) mass is 222 g/mol. The van der Waals surface area contributed by atoms with E-state index in [9.17, 15) is 4.79 Å². The van der Waals surface area contributed by atoms with Gasteiger partial charge in [0.05, 0.1) is 0 Å². The smallest absolute Gasteiger partial charge is 0.256 e. The van der Waals surface area contributed by atoms with Crippen LogP contribution in [0.25, 0.3) is 0 Å². The molecule has 0 aliphatic heterocycles. The summed E-state index contributed by atoms with van der Waals surface area (Å²) in [5, 5.41) is 2.58. The van der Waals surface area contributed by atoms with Crippen LogP contribution in [0, 0.1) is 0 Å². The normalized spacial score (nSPS) is 13.2. The maximum Gasteiger partial charge on any atom is 0.256 e. The van der Waals surface area contributed by atoms with Gasteiger partial charge in [0.25, 0.3) is 5.91 Å². The fourth-order valence-electron chi connectivity index (χ4n) is 1.18. The SMILES string of the molecule is CCC(N)(N)C(=O)NC(N)c1ccccc1. The van der Waals surface area contributed by atoms with Crippen molar-refractivity contribution in [3.63, 3.8) is 0 Å². The van der Waals surface area contributed by atoms with E-state index < -0.39 is 17.7 Å². The molecule has 5 heteroatoms. The predicted octanol–water partition coefficient (Wildman–Crippen LogP) is -0.216. The molecule has 16 heavy (non-hydrogen) atoms. The number of carbonyl (C=O) groups is 1. The third-order valence-corrected chi connectivity index (χ3v) is 2.45. The van der Waals surface area contributed by atoms with Crippen LogP contribution in [-0.4, -0.2) is 11.6 Å². The van der Waals surface area contributed by atoms with E-state index in [1.165, 1.54) is 0 Å². The first-order chi connectivity index (χ1) is 7.47. The fourth-order valence-corrected chi connectivity index (χ4v) is 1.18. The highest BCUT2D eigenvalue weighted by Crippen LogP contribution is 2.07. The maximum absolute atomic E-state index is 11.6. The summed E-state index contributed by atoms with van der Waals surface area (Å²) in [5.74, 6) is -0.452. The number of hydrogen-bond donors (Lipinski definition) is 4. The number of amides is 1.